The van der Waals surface area contributed by atoms with Gasteiger partial charge in [0.2, 0.25) is 0 Å². The Morgan fingerprint density at radius 3 is 2.56 bits per heavy atom. The highest BCUT2D eigenvalue weighted by Crippen LogP contribution is 2.03. The Bertz CT molecular complexity index is 457. The molecule has 0 amide bonds. The summed E-state index contributed by atoms with van der Waals surface area (Å²) in [6, 6.07) is 9.48. The van der Waals surface area contributed by atoms with Crippen LogP contribution >= 0.6 is 0 Å². The number of hydrogen-bond donors (Lipinski definition) is 0. The molecule has 0 fully saturated rings. The smallest absolute Gasteiger partial charge is 0.341 e. The maximum absolute atomic E-state index is 11.5. The average Bonchev–Trinajstić information content (AvgIpc) is 2.38. The van der Waals surface area contributed by atoms with E-state index >= 15 is 0 Å². The van der Waals surface area contributed by atoms with E-state index in [1.807, 2.05) is 30.3 Å². The third kappa shape index (κ3) is 2.63. The monoisotopic (exact) mass is 213 g/mol. The van der Waals surface area contributed by atoms with Crippen LogP contribution in [0.25, 0.3) is 0 Å². The molecule has 0 N–H and O–H groups in total. The molecule has 0 saturated carbocycles. The first-order valence-electron chi connectivity index (χ1n) is 4.75. The molecule has 0 spiro atoms. The summed E-state index contributed by atoms with van der Waals surface area (Å²) < 4.78 is 5.08. The molecular formula is C12H9N2O2. The van der Waals surface area contributed by atoms with Gasteiger partial charge in [0.25, 0.3) is 0 Å². The molecule has 16 heavy (non-hydrogen) atoms. The number of aromatic nitrogens is 2. The van der Waals surface area contributed by atoms with Crippen molar-refractivity contribution >= 4 is 5.97 Å². The maximum atomic E-state index is 11.5. The van der Waals surface area contributed by atoms with Gasteiger partial charge in [0.15, 0.2) is 6.33 Å². The van der Waals surface area contributed by atoms with Crippen LogP contribution in [0.1, 0.15) is 15.9 Å². The quantitative estimate of drug-likeness (QED) is 0.727. The van der Waals surface area contributed by atoms with Crippen LogP contribution < -0.4 is 0 Å². The summed E-state index contributed by atoms with van der Waals surface area (Å²) in [5.41, 5.74) is 1.27. The molecule has 1 heterocycles. The molecule has 0 saturated heterocycles. The Morgan fingerprint density at radius 2 is 1.88 bits per heavy atom. The first-order valence-corrected chi connectivity index (χ1v) is 4.75. The number of carbonyl (C=O) groups excluding carboxylic acids is 1. The van der Waals surface area contributed by atoms with Gasteiger partial charge in [-0.3, -0.25) is 0 Å². The van der Waals surface area contributed by atoms with E-state index in [9.17, 15) is 4.79 Å². The van der Waals surface area contributed by atoms with Gasteiger partial charge in [0.1, 0.15) is 6.61 Å². The molecule has 4 heteroatoms. The lowest BCUT2D eigenvalue weighted by atomic mass is 10.2. The van der Waals surface area contributed by atoms with Crippen LogP contribution in [0, 0.1) is 6.33 Å². The molecule has 1 aromatic heterocycles. The molecule has 0 unspecified atom stereocenters. The molecule has 0 atom stereocenters. The topological polar surface area (TPSA) is 52.1 Å². The van der Waals surface area contributed by atoms with E-state index in [2.05, 4.69) is 16.3 Å². The Balaban J connectivity index is 1.95. The molecule has 0 aliphatic heterocycles. The van der Waals surface area contributed by atoms with Crippen molar-refractivity contribution in [2.45, 2.75) is 6.61 Å². The van der Waals surface area contributed by atoms with Crippen molar-refractivity contribution < 1.29 is 9.53 Å². The van der Waals surface area contributed by atoms with Crippen LogP contribution in [0.4, 0.5) is 0 Å². The number of rotatable bonds is 3. The molecule has 0 bridgehead atoms. The molecule has 1 aromatic carbocycles. The lowest BCUT2D eigenvalue weighted by Gasteiger charge is -2.03. The Hall–Kier alpha value is -2.23. The number of ether oxygens (including phenoxy) is 1. The normalized spacial score (nSPS) is 9.75. The lowest BCUT2D eigenvalue weighted by Crippen LogP contribution is -2.05. The van der Waals surface area contributed by atoms with Crippen molar-refractivity contribution in [3.8, 4) is 0 Å². The van der Waals surface area contributed by atoms with Crippen molar-refractivity contribution in [1.82, 2.24) is 9.97 Å². The highest BCUT2D eigenvalue weighted by atomic mass is 16.5. The number of esters is 1. The van der Waals surface area contributed by atoms with E-state index in [1.165, 1.54) is 12.4 Å². The predicted octanol–water partition coefficient (Wildman–Crippen LogP) is 1.63. The number of nitrogens with zero attached hydrogens (tertiary/aromatic N) is 2. The second-order valence-corrected chi connectivity index (χ2v) is 3.13. The second kappa shape index (κ2) is 5.02. The fourth-order valence-electron chi connectivity index (χ4n) is 1.18. The van der Waals surface area contributed by atoms with Crippen LogP contribution in [0.3, 0.4) is 0 Å². The zero-order valence-electron chi connectivity index (χ0n) is 8.46. The Morgan fingerprint density at radius 1 is 1.19 bits per heavy atom. The average molecular weight is 213 g/mol. The Kier molecular flexibility index (Phi) is 3.23. The van der Waals surface area contributed by atoms with Gasteiger partial charge < -0.3 is 4.74 Å². The molecule has 0 aliphatic carbocycles. The lowest BCUT2D eigenvalue weighted by molar-refractivity contribution is 0.0471. The maximum Gasteiger partial charge on any atom is 0.341 e. The van der Waals surface area contributed by atoms with Gasteiger partial charge in [-0.1, -0.05) is 30.3 Å². The third-order valence-corrected chi connectivity index (χ3v) is 1.97. The van der Waals surface area contributed by atoms with Crippen LogP contribution in [-0.2, 0) is 11.3 Å². The first kappa shape index (κ1) is 10.3. The van der Waals surface area contributed by atoms with E-state index in [1.54, 1.807) is 0 Å². The van der Waals surface area contributed by atoms with Crippen molar-refractivity contribution in [2.75, 3.05) is 0 Å². The van der Waals surface area contributed by atoms with Crippen molar-refractivity contribution in [2.24, 2.45) is 0 Å². The summed E-state index contributed by atoms with van der Waals surface area (Å²) in [7, 11) is 0. The minimum atomic E-state index is -0.433. The highest BCUT2D eigenvalue weighted by Gasteiger charge is 2.07. The third-order valence-electron chi connectivity index (χ3n) is 1.97. The van der Waals surface area contributed by atoms with E-state index in [0.29, 0.717) is 5.56 Å². The summed E-state index contributed by atoms with van der Waals surface area (Å²) in [6.07, 6.45) is 5.10. The van der Waals surface area contributed by atoms with Crippen molar-refractivity contribution in [3.63, 3.8) is 0 Å². The highest BCUT2D eigenvalue weighted by molar-refractivity contribution is 5.88. The minimum absolute atomic E-state index is 0.248. The predicted molar refractivity (Wildman–Crippen MR) is 56.4 cm³/mol. The van der Waals surface area contributed by atoms with Gasteiger partial charge in [0.05, 0.1) is 5.56 Å². The van der Waals surface area contributed by atoms with Gasteiger partial charge in [-0.05, 0) is 5.56 Å². The number of hydrogen-bond acceptors (Lipinski definition) is 4. The van der Waals surface area contributed by atoms with Crippen molar-refractivity contribution in [3.05, 3.63) is 60.2 Å². The fraction of sp³-hybridized carbons (Fsp3) is 0.0833. The molecule has 0 aliphatic rings. The summed E-state index contributed by atoms with van der Waals surface area (Å²) >= 11 is 0. The molecule has 2 aromatic rings. The van der Waals surface area contributed by atoms with Gasteiger partial charge in [0, 0.05) is 12.4 Å². The summed E-state index contributed by atoms with van der Waals surface area (Å²) in [6.45, 7) is 0.248. The summed E-state index contributed by atoms with van der Waals surface area (Å²) in [5, 5.41) is 0. The van der Waals surface area contributed by atoms with E-state index in [-0.39, 0.29) is 6.61 Å². The van der Waals surface area contributed by atoms with Gasteiger partial charge in [-0.15, -0.1) is 0 Å². The van der Waals surface area contributed by atoms with E-state index in [4.69, 9.17) is 4.74 Å². The fourth-order valence-corrected chi connectivity index (χ4v) is 1.18. The zero-order valence-corrected chi connectivity index (χ0v) is 8.46. The molecule has 2 rings (SSSR count). The molecule has 79 valence electrons. The van der Waals surface area contributed by atoms with Gasteiger partial charge in [-0.25, -0.2) is 14.8 Å². The Labute approximate surface area is 92.9 Å². The molecule has 1 radical (unpaired) electrons. The second-order valence-electron chi connectivity index (χ2n) is 3.13. The number of benzene rings is 1. The van der Waals surface area contributed by atoms with E-state index in [0.717, 1.165) is 5.56 Å². The summed E-state index contributed by atoms with van der Waals surface area (Å²) in [4.78, 5) is 18.7. The van der Waals surface area contributed by atoms with Crippen LogP contribution in [-0.4, -0.2) is 15.9 Å². The first-order chi connectivity index (χ1) is 7.86. The number of carbonyl (C=O) groups is 1. The standard InChI is InChI=1S/C12H9N2O2/c15-12(11-6-13-9-14-7-11)16-8-10-4-2-1-3-5-10/h1-7H,8H2. The zero-order chi connectivity index (χ0) is 11.2. The SMILES string of the molecule is O=C(OCc1ccccc1)c1cn[c]nc1. The van der Waals surface area contributed by atoms with Crippen molar-refractivity contribution in [1.29, 1.82) is 0 Å². The van der Waals surface area contributed by atoms with Gasteiger partial charge in [-0.2, -0.15) is 0 Å². The van der Waals surface area contributed by atoms with Gasteiger partial charge >= 0.3 is 5.97 Å². The minimum Gasteiger partial charge on any atom is -0.457 e. The summed E-state index contributed by atoms with van der Waals surface area (Å²) in [5.74, 6) is -0.433. The largest absolute Gasteiger partial charge is 0.457 e. The van der Waals surface area contributed by atoms with Crippen LogP contribution in [0.5, 0.6) is 0 Å². The molecule has 4 nitrogen and oxygen atoms in total. The van der Waals surface area contributed by atoms with Crippen LogP contribution in [0.2, 0.25) is 0 Å². The van der Waals surface area contributed by atoms with Crippen LogP contribution in [0.15, 0.2) is 42.7 Å². The van der Waals surface area contributed by atoms with E-state index < -0.39 is 5.97 Å². The molecular weight excluding hydrogens is 204 g/mol.